The van der Waals surface area contributed by atoms with Crippen molar-refractivity contribution < 1.29 is 9.47 Å². The van der Waals surface area contributed by atoms with Gasteiger partial charge in [-0.05, 0) is 0 Å². The van der Waals surface area contributed by atoms with Crippen molar-refractivity contribution in [3.8, 4) is 0 Å². The Hall–Kier alpha value is -0.890. The van der Waals surface area contributed by atoms with Crippen LogP contribution in [0.2, 0.25) is 0 Å². The maximum Gasteiger partial charge on any atom is 0.251 e. The number of ether oxygens (including phenoxy) is 2. The summed E-state index contributed by atoms with van der Waals surface area (Å²) in [6.07, 6.45) is 0. The minimum absolute atomic E-state index is 0.129. The lowest BCUT2D eigenvalue weighted by atomic mass is 10.4. The Morgan fingerprint density at radius 2 is 2.32 bits per heavy atom. The molecule has 0 spiro atoms. The number of nitrogens with one attached hydrogen (secondary N) is 1. The van der Waals surface area contributed by atoms with Crippen molar-refractivity contribution in [2.75, 3.05) is 45.7 Å². The van der Waals surface area contributed by atoms with Gasteiger partial charge in [0, 0.05) is 38.6 Å². The summed E-state index contributed by atoms with van der Waals surface area (Å²) in [6.45, 7) is 4.92. The third kappa shape index (κ3) is 4.94. The van der Waals surface area contributed by atoms with E-state index in [0.717, 1.165) is 38.6 Å². The van der Waals surface area contributed by atoms with E-state index in [4.69, 9.17) is 9.47 Å². The van der Waals surface area contributed by atoms with Crippen molar-refractivity contribution in [2.24, 2.45) is 0 Å². The van der Waals surface area contributed by atoms with Gasteiger partial charge < -0.3 is 14.5 Å². The second-order valence-corrected chi connectivity index (χ2v) is 5.36. The summed E-state index contributed by atoms with van der Waals surface area (Å²) in [7, 11) is 1.59. The predicted octanol–water partition coefficient (Wildman–Crippen LogP) is 0.341. The molecule has 0 saturated carbocycles. The van der Waals surface area contributed by atoms with E-state index in [0.29, 0.717) is 17.5 Å². The second-order valence-electron chi connectivity index (χ2n) is 4.28. The normalized spacial score (nSPS) is 16.7. The number of H-pyrrole nitrogens is 1. The molecule has 0 unspecified atom stereocenters. The number of hydrogen-bond acceptors (Lipinski definition) is 6. The summed E-state index contributed by atoms with van der Waals surface area (Å²) in [4.78, 5) is 20.9. The number of nitrogens with zero attached hydrogens (tertiary/aromatic N) is 2. The molecule has 0 atom stereocenters. The maximum atomic E-state index is 11.5. The molecule has 1 aliphatic rings. The van der Waals surface area contributed by atoms with Gasteiger partial charge in [0.05, 0.1) is 25.5 Å². The van der Waals surface area contributed by atoms with E-state index in [-0.39, 0.29) is 5.56 Å². The van der Waals surface area contributed by atoms with Crippen LogP contribution in [0.5, 0.6) is 0 Å². The van der Waals surface area contributed by atoms with Gasteiger partial charge in [-0.15, -0.1) is 0 Å². The molecule has 19 heavy (non-hydrogen) atoms. The first-order chi connectivity index (χ1) is 9.28. The van der Waals surface area contributed by atoms with Gasteiger partial charge in [-0.2, -0.15) is 0 Å². The highest BCUT2D eigenvalue weighted by Crippen LogP contribution is 2.12. The van der Waals surface area contributed by atoms with Crippen molar-refractivity contribution in [3.05, 3.63) is 22.1 Å². The molecule has 0 bridgehead atoms. The number of aromatic nitrogens is 2. The number of morpholine rings is 1. The zero-order chi connectivity index (χ0) is 13.5. The molecule has 0 amide bonds. The van der Waals surface area contributed by atoms with Crippen LogP contribution in [0.15, 0.2) is 16.0 Å². The molecule has 2 heterocycles. The van der Waals surface area contributed by atoms with E-state index < -0.39 is 0 Å². The second kappa shape index (κ2) is 7.64. The minimum atomic E-state index is -0.129. The average molecular weight is 285 g/mol. The van der Waals surface area contributed by atoms with Crippen LogP contribution in [0.1, 0.15) is 5.69 Å². The number of methoxy groups -OCH3 is 1. The summed E-state index contributed by atoms with van der Waals surface area (Å²) >= 11 is 1.56. The van der Waals surface area contributed by atoms with Crippen molar-refractivity contribution in [1.29, 1.82) is 0 Å². The number of rotatable bonds is 6. The molecule has 106 valence electrons. The lowest BCUT2D eigenvalue weighted by Gasteiger charge is -2.26. The first kappa shape index (κ1) is 14.5. The predicted molar refractivity (Wildman–Crippen MR) is 73.6 cm³/mol. The van der Waals surface area contributed by atoms with Gasteiger partial charge in [-0.25, -0.2) is 4.98 Å². The van der Waals surface area contributed by atoms with Gasteiger partial charge in [0.1, 0.15) is 0 Å². The summed E-state index contributed by atoms with van der Waals surface area (Å²) < 4.78 is 10.3. The van der Waals surface area contributed by atoms with Crippen molar-refractivity contribution in [1.82, 2.24) is 14.9 Å². The summed E-state index contributed by atoms with van der Waals surface area (Å²) in [5, 5.41) is 0.660. The molecule has 1 aromatic heterocycles. The number of hydrogen-bond donors (Lipinski definition) is 1. The van der Waals surface area contributed by atoms with Gasteiger partial charge in [0.15, 0.2) is 5.16 Å². The largest absolute Gasteiger partial charge is 0.379 e. The first-order valence-corrected chi connectivity index (χ1v) is 7.28. The van der Waals surface area contributed by atoms with Crippen LogP contribution < -0.4 is 5.56 Å². The van der Waals surface area contributed by atoms with Crippen LogP contribution in [0, 0.1) is 0 Å². The Morgan fingerprint density at radius 3 is 3.05 bits per heavy atom. The molecule has 1 saturated heterocycles. The Labute approximate surface area is 116 Å². The molecule has 0 radical (unpaired) electrons. The molecule has 2 rings (SSSR count). The van der Waals surface area contributed by atoms with Crippen molar-refractivity contribution in [2.45, 2.75) is 11.8 Å². The molecular formula is C12H19N3O3S. The highest BCUT2D eigenvalue weighted by molar-refractivity contribution is 7.99. The lowest BCUT2D eigenvalue weighted by Crippen LogP contribution is -2.37. The van der Waals surface area contributed by atoms with Crippen LogP contribution in [0.25, 0.3) is 0 Å². The van der Waals surface area contributed by atoms with E-state index in [2.05, 4.69) is 14.9 Å². The van der Waals surface area contributed by atoms with E-state index in [9.17, 15) is 4.79 Å². The highest BCUT2D eigenvalue weighted by atomic mass is 32.2. The Kier molecular flexibility index (Phi) is 5.84. The third-order valence-corrected chi connectivity index (χ3v) is 3.67. The fourth-order valence-corrected chi connectivity index (χ4v) is 2.77. The third-order valence-electron chi connectivity index (χ3n) is 2.82. The van der Waals surface area contributed by atoms with Gasteiger partial charge in [-0.1, -0.05) is 11.8 Å². The fraction of sp³-hybridized carbons (Fsp3) is 0.667. The molecule has 6 nitrogen and oxygen atoms in total. The monoisotopic (exact) mass is 285 g/mol. The molecule has 1 aliphatic heterocycles. The number of thioether (sulfide) groups is 1. The summed E-state index contributed by atoms with van der Waals surface area (Å²) in [5.74, 6) is 0.902. The van der Waals surface area contributed by atoms with Gasteiger partial charge >= 0.3 is 0 Å². The summed E-state index contributed by atoms with van der Waals surface area (Å²) in [6, 6.07) is 1.47. The van der Waals surface area contributed by atoms with Gasteiger partial charge in [0.2, 0.25) is 0 Å². The van der Waals surface area contributed by atoms with Crippen LogP contribution >= 0.6 is 11.8 Å². The van der Waals surface area contributed by atoms with E-state index in [1.807, 2.05) is 0 Å². The standard InChI is InChI=1S/C12H19N3O3S/c1-17-9-10-8-11(16)14-12(13-10)19-7-4-15-2-5-18-6-3-15/h8H,2-7,9H2,1H3,(H,13,14,16). The molecule has 1 fully saturated rings. The van der Waals surface area contributed by atoms with Gasteiger partial charge in [-0.3, -0.25) is 9.69 Å². The topological polar surface area (TPSA) is 67.5 Å². The van der Waals surface area contributed by atoms with Crippen LogP contribution in [0.3, 0.4) is 0 Å². The maximum absolute atomic E-state index is 11.5. The molecule has 1 N–H and O–H groups in total. The quantitative estimate of drug-likeness (QED) is 0.600. The zero-order valence-electron chi connectivity index (χ0n) is 11.1. The minimum Gasteiger partial charge on any atom is -0.379 e. The van der Waals surface area contributed by atoms with Crippen molar-refractivity contribution >= 4 is 11.8 Å². The zero-order valence-corrected chi connectivity index (χ0v) is 11.9. The van der Waals surface area contributed by atoms with E-state index in [1.54, 1.807) is 18.9 Å². The molecule has 0 aliphatic carbocycles. The average Bonchev–Trinajstić information content (AvgIpc) is 2.40. The Morgan fingerprint density at radius 1 is 1.53 bits per heavy atom. The molecule has 1 aromatic rings. The van der Waals surface area contributed by atoms with E-state index >= 15 is 0 Å². The fourth-order valence-electron chi connectivity index (χ4n) is 1.87. The van der Waals surface area contributed by atoms with E-state index in [1.165, 1.54) is 6.07 Å². The van der Waals surface area contributed by atoms with Crippen LogP contribution in [-0.2, 0) is 16.1 Å². The Balaban J connectivity index is 1.82. The molecular weight excluding hydrogens is 266 g/mol. The van der Waals surface area contributed by atoms with Crippen LogP contribution in [0.4, 0.5) is 0 Å². The smallest absolute Gasteiger partial charge is 0.251 e. The number of aromatic amines is 1. The van der Waals surface area contributed by atoms with Crippen LogP contribution in [-0.4, -0.2) is 60.6 Å². The lowest BCUT2D eigenvalue weighted by molar-refractivity contribution is 0.0410. The molecule has 7 heteroatoms. The first-order valence-electron chi connectivity index (χ1n) is 6.30. The SMILES string of the molecule is COCc1cc(=O)[nH]c(SCCN2CCOCC2)n1. The highest BCUT2D eigenvalue weighted by Gasteiger charge is 2.10. The molecule has 0 aromatic carbocycles. The van der Waals surface area contributed by atoms with Gasteiger partial charge in [0.25, 0.3) is 5.56 Å². The Bertz CT molecular complexity index is 446. The van der Waals surface area contributed by atoms with Crippen molar-refractivity contribution in [3.63, 3.8) is 0 Å². The summed E-state index contributed by atoms with van der Waals surface area (Å²) in [5.41, 5.74) is 0.538.